The van der Waals surface area contributed by atoms with E-state index in [0.29, 0.717) is 0 Å². The summed E-state index contributed by atoms with van der Waals surface area (Å²) in [6, 6.07) is 23.0. The molecule has 0 saturated heterocycles. The van der Waals surface area contributed by atoms with Crippen molar-refractivity contribution in [1.82, 2.24) is 0 Å². The predicted octanol–water partition coefficient (Wildman–Crippen LogP) is 3.97. The highest BCUT2D eigenvalue weighted by Gasteiger charge is 2.00. The highest BCUT2D eigenvalue weighted by Crippen LogP contribution is 2.26. The summed E-state index contributed by atoms with van der Waals surface area (Å²) in [4.78, 5) is 0. The van der Waals surface area contributed by atoms with Crippen LogP contribution in [0.2, 0.25) is 0 Å². The number of rotatable bonds is 2. The molecule has 0 spiro atoms. The number of fused-ring (bicyclic) bond motifs is 1. The molecule has 0 atom stereocenters. The van der Waals surface area contributed by atoms with E-state index < -0.39 is 0 Å². The molecule has 18 heavy (non-hydrogen) atoms. The summed E-state index contributed by atoms with van der Waals surface area (Å²) in [7, 11) is 0. The van der Waals surface area contributed by atoms with Crippen LogP contribution in [0.1, 0.15) is 0 Å². The number of hydrogen-bond acceptors (Lipinski definition) is 1. The van der Waals surface area contributed by atoms with Crippen molar-refractivity contribution in [3.8, 4) is 16.9 Å². The summed E-state index contributed by atoms with van der Waals surface area (Å²) in [6.07, 6.45) is 0. The molecule has 1 nitrogen and oxygen atoms in total. The molecule has 0 bridgehead atoms. The molecular formula is C16H11AlO. The van der Waals surface area contributed by atoms with Crippen molar-refractivity contribution in [1.29, 1.82) is 0 Å². The Labute approximate surface area is 115 Å². The van der Waals surface area contributed by atoms with Crippen LogP contribution in [-0.4, -0.2) is 16.6 Å². The standard InChI is InChI=1S/C16H12O.Al/c17-16-9-8-14-10-13(6-7-15(14)11-16)12-4-2-1-3-5-12;/h1-11,17H;/q;+1/p-1. The maximum atomic E-state index is 5.15. The second-order valence-corrected chi connectivity index (χ2v) is 4.44. The van der Waals surface area contributed by atoms with Gasteiger partial charge in [-0.15, -0.1) is 0 Å². The number of hydrogen-bond donors (Lipinski definition) is 0. The van der Waals surface area contributed by atoms with Crippen LogP contribution < -0.4 is 3.79 Å². The van der Waals surface area contributed by atoms with Crippen molar-refractivity contribution >= 4 is 27.4 Å². The summed E-state index contributed by atoms with van der Waals surface area (Å²) in [6.45, 7) is 0. The molecule has 3 aromatic carbocycles. The van der Waals surface area contributed by atoms with Crippen molar-refractivity contribution < 1.29 is 3.79 Å². The van der Waals surface area contributed by atoms with Crippen LogP contribution in [0.25, 0.3) is 21.9 Å². The molecule has 84 valence electrons. The maximum absolute atomic E-state index is 5.15. The Balaban J connectivity index is 2.12. The van der Waals surface area contributed by atoms with Gasteiger partial charge in [0, 0.05) is 0 Å². The first-order valence-electron chi connectivity index (χ1n) is 5.83. The fourth-order valence-electron chi connectivity index (χ4n) is 2.11. The zero-order valence-electron chi connectivity index (χ0n) is 9.84. The van der Waals surface area contributed by atoms with E-state index in [2.05, 4.69) is 65.2 Å². The minimum absolute atomic E-state index is 0.861. The Morgan fingerprint density at radius 1 is 0.667 bits per heavy atom. The SMILES string of the molecule is [Al][O]c1ccc2cc(-c3ccccc3)ccc2c1. The molecular weight excluding hydrogens is 235 g/mol. The minimum atomic E-state index is 0.861. The summed E-state index contributed by atoms with van der Waals surface area (Å²) in [5.41, 5.74) is 2.48. The molecule has 0 fully saturated rings. The van der Waals surface area contributed by atoms with Crippen molar-refractivity contribution in [2.75, 3.05) is 0 Å². The first-order chi connectivity index (χ1) is 8.86. The predicted molar refractivity (Wildman–Crippen MR) is 75.8 cm³/mol. The fraction of sp³-hybridized carbons (Fsp3) is 0. The van der Waals surface area contributed by atoms with Gasteiger partial charge in [0.25, 0.3) is 0 Å². The van der Waals surface area contributed by atoms with E-state index in [0.717, 1.165) is 5.75 Å². The molecule has 0 unspecified atom stereocenters. The van der Waals surface area contributed by atoms with Crippen LogP contribution in [-0.2, 0) is 0 Å². The Morgan fingerprint density at radius 2 is 1.39 bits per heavy atom. The first kappa shape index (κ1) is 11.3. The third-order valence-electron chi connectivity index (χ3n) is 3.05. The third kappa shape index (κ3) is 2.13. The topological polar surface area (TPSA) is 9.23 Å². The molecule has 0 aliphatic heterocycles. The Morgan fingerprint density at radius 3 is 2.17 bits per heavy atom. The zero-order valence-corrected chi connectivity index (χ0v) is 11.0. The molecule has 2 heteroatoms. The molecule has 0 aliphatic rings. The van der Waals surface area contributed by atoms with E-state index >= 15 is 0 Å². The average molecular weight is 246 g/mol. The minimum Gasteiger partial charge on any atom is -0.654 e. The Kier molecular flexibility index (Phi) is 3.06. The molecule has 0 amide bonds. The second kappa shape index (κ2) is 4.86. The van der Waals surface area contributed by atoms with Gasteiger partial charge in [0.1, 0.15) is 0 Å². The summed E-state index contributed by atoms with van der Waals surface area (Å²) < 4.78 is 5.15. The summed E-state index contributed by atoms with van der Waals surface area (Å²) in [5.74, 6) is 0.861. The maximum Gasteiger partial charge on any atom is 0.482 e. The highest BCUT2D eigenvalue weighted by atomic mass is 27.1. The fourth-order valence-corrected chi connectivity index (χ4v) is 2.25. The lowest BCUT2D eigenvalue weighted by Crippen LogP contribution is -1.85. The van der Waals surface area contributed by atoms with Crippen LogP contribution in [0.5, 0.6) is 5.75 Å². The lowest BCUT2D eigenvalue weighted by molar-refractivity contribution is 0.617. The number of benzene rings is 3. The third-order valence-corrected chi connectivity index (χ3v) is 3.33. The molecule has 0 heterocycles. The lowest BCUT2D eigenvalue weighted by Gasteiger charge is -2.07. The van der Waals surface area contributed by atoms with Crippen LogP contribution in [0.3, 0.4) is 0 Å². The van der Waals surface area contributed by atoms with Crippen molar-refractivity contribution in [2.45, 2.75) is 0 Å². The van der Waals surface area contributed by atoms with Crippen molar-refractivity contribution in [3.63, 3.8) is 0 Å². The van der Waals surface area contributed by atoms with Crippen LogP contribution in [0.15, 0.2) is 66.7 Å². The van der Waals surface area contributed by atoms with Gasteiger partial charge < -0.3 is 3.79 Å². The van der Waals surface area contributed by atoms with Crippen LogP contribution in [0, 0.1) is 0 Å². The zero-order chi connectivity index (χ0) is 12.4. The van der Waals surface area contributed by atoms with Gasteiger partial charge in [-0.3, -0.25) is 0 Å². The van der Waals surface area contributed by atoms with Crippen molar-refractivity contribution in [3.05, 3.63) is 66.7 Å². The molecule has 0 aliphatic carbocycles. The van der Waals surface area contributed by atoms with E-state index in [1.165, 1.54) is 21.9 Å². The molecule has 0 N–H and O–H groups in total. The Bertz CT molecular complexity index is 677. The first-order valence-corrected chi connectivity index (χ1v) is 6.30. The van der Waals surface area contributed by atoms with Gasteiger partial charge in [-0.2, -0.15) is 0 Å². The molecule has 3 rings (SSSR count). The summed E-state index contributed by atoms with van der Waals surface area (Å²) in [5, 5.41) is 2.41. The van der Waals surface area contributed by atoms with E-state index in [9.17, 15) is 0 Å². The van der Waals surface area contributed by atoms with Gasteiger partial charge in [-0.1, -0.05) is 48.5 Å². The summed E-state index contributed by atoms with van der Waals surface area (Å²) >= 11 is 2.27. The van der Waals surface area contributed by atoms with E-state index in [1.54, 1.807) is 0 Å². The van der Waals surface area contributed by atoms with Gasteiger partial charge in [0.05, 0.1) is 5.75 Å². The average Bonchev–Trinajstić information content (AvgIpc) is 2.47. The Hall–Kier alpha value is -1.75. The lowest BCUT2D eigenvalue weighted by atomic mass is 10.0. The van der Waals surface area contributed by atoms with Gasteiger partial charge in [-0.25, -0.2) is 0 Å². The molecule has 2 radical (unpaired) electrons. The van der Waals surface area contributed by atoms with Gasteiger partial charge >= 0.3 is 16.6 Å². The highest BCUT2D eigenvalue weighted by molar-refractivity contribution is 6.00. The van der Waals surface area contributed by atoms with Crippen LogP contribution >= 0.6 is 0 Å². The monoisotopic (exact) mass is 246 g/mol. The van der Waals surface area contributed by atoms with Gasteiger partial charge in [-0.05, 0) is 40.1 Å². The van der Waals surface area contributed by atoms with Gasteiger partial charge in [0.2, 0.25) is 0 Å². The van der Waals surface area contributed by atoms with E-state index in [4.69, 9.17) is 3.79 Å². The van der Waals surface area contributed by atoms with E-state index in [-0.39, 0.29) is 0 Å². The second-order valence-electron chi connectivity index (χ2n) is 4.21. The molecule has 0 saturated carbocycles. The smallest absolute Gasteiger partial charge is 0.482 e. The molecule has 0 aromatic heterocycles. The quantitative estimate of drug-likeness (QED) is 0.622. The van der Waals surface area contributed by atoms with E-state index in [1.807, 2.05) is 18.2 Å². The van der Waals surface area contributed by atoms with Crippen molar-refractivity contribution in [2.24, 2.45) is 0 Å². The molecule has 3 aromatic rings. The largest absolute Gasteiger partial charge is 0.654 e. The normalized spacial score (nSPS) is 10.4. The van der Waals surface area contributed by atoms with Crippen LogP contribution in [0.4, 0.5) is 0 Å². The van der Waals surface area contributed by atoms with Gasteiger partial charge in [0.15, 0.2) is 0 Å².